The van der Waals surface area contributed by atoms with Crippen LogP contribution in [0.1, 0.15) is 16.7 Å². The maximum atomic E-state index is 12.3. The van der Waals surface area contributed by atoms with Crippen molar-refractivity contribution in [3.8, 4) is 0 Å². The normalized spacial score (nSPS) is 10.9. The summed E-state index contributed by atoms with van der Waals surface area (Å²) in [5, 5.41) is 0. The van der Waals surface area contributed by atoms with Crippen molar-refractivity contribution in [3.05, 3.63) is 113 Å². The van der Waals surface area contributed by atoms with Gasteiger partial charge in [0.1, 0.15) is 5.70 Å². The predicted octanol–water partition coefficient (Wildman–Crippen LogP) is 4.74. The van der Waals surface area contributed by atoms with Gasteiger partial charge in [0.25, 0.3) is 0 Å². The Morgan fingerprint density at radius 2 is 1.23 bits per heavy atom. The average molecular weight is 341 g/mol. The largest absolute Gasteiger partial charge is 0.464 e. The Morgan fingerprint density at radius 1 is 0.769 bits per heavy atom. The van der Waals surface area contributed by atoms with Gasteiger partial charge in [-0.1, -0.05) is 91.0 Å². The van der Waals surface area contributed by atoms with E-state index < -0.39 is 5.97 Å². The summed E-state index contributed by atoms with van der Waals surface area (Å²) in [5.74, 6) is -0.474. The zero-order valence-corrected chi connectivity index (χ0v) is 14.5. The van der Waals surface area contributed by atoms with Gasteiger partial charge in [-0.2, -0.15) is 0 Å². The topological polar surface area (TPSA) is 38.7 Å². The first-order chi connectivity index (χ1) is 12.8. The van der Waals surface area contributed by atoms with E-state index in [-0.39, 0.29) is 5.70 Å². The number of nitrogens with zero attached hydrogens (tertiary/aromatic N) is 1. The van der Waals surface area contributed by atoms with Gasteiger partial charge in [-0.25, -0.2) is 9.79 Å². The number of carbonyl (C=O) groups is 1. The third-order valence-electron chi connectivity index (χ3n) is 3.82. The fourth-order valence-electron chi connectivity index (χ4n) is 2.56. The van der Waals surface area contributed by atoms with Crippen molar-refractivity contribution in [2.75, 3.05) is 7.11 Å². The molecule has 0 unspecified atom stereocenters. The summed E-state index contributed by atoms with van der Waals surface area (Å²) in [6.07, 6.45) is 1.73. The second-order valence-corrected chi connectivity index (χ2v) is 5.62. The van der Waals surface area contributed by atoms with Gasteiger partial charge in [-0.05, 0) is 11.6 Å². The lowest BCUT2D eigenvalue weighted by molar-refractivity contribution is -0.136. The first-order valence-electron chi connectivity index (χ1n) is 8.32. The SMILES string of the molecule is COC(=O)/C(=C/c1ccccc1)N=C(c1ccccc1)c1ccccc1. The van der Waals surface area contributed by atoms with E-state index in [1.54, 1.807) is 6.08 Å². The van der Waals surface area contributed by atoms with Gasteiger partial charge in [0, 0.05) is 11.1 Å². The molecule has 0 aromatic heterocycles. The molecule has 0 N–H and O–H groups in total. The molecule has 0 fully saturated rings. The molecule has 0 saturated heterocycles. The highest BCUT2D eigenvalue weighted by atomic mass is 16.5. The van der Waals surface area contributed by atoms with Crippen molar-refractivity contribution in [1.82, 2.24) is 0 Å². The summed E-state index contributed by atoms with van der Waals surface area (Å²) >= 11 is 0. The summed E-state index contributed by atoms with van der Waals surface area (Å²) in [5.41, 5.74) is 3.72. The van der Waals surface area contributed by atoms with Crippen LogP contribution >= 0.6 is 0 Å². The second-order valence-electron chi connectivity index (χ2n) is 5.62. The molecule has 0 atom stereocenters. The summed E-state index contributed by atoms with van der Waals surface area (Å²) in [7, 11) is 1.36. The number of esters is 1. The smallest absolute Gasteiger partial charge is 0.356 e. The zero-order chi connectivity index (χ0) is 18.2. The Balaban J connectivity index is 2.15. The lowest BCUT2D eigenvalue weighted by Crippen LogP contribution is -2.09. The van der Waals surface area contributed by atoms with Crippen LogP contribution in [-0.2, 0) is 9.53 Å². The van der Waals surface area contributed by atoms with Crippen LogP contribution in [-0.4, -0.2) is 18.8 Å². The van der Waals surface area contributed by atoms with Gasteiger partial charge in [0.2, 0.25) is 0 Å². The van der Waals surface area contributed by atoms with Crippen molar-refractivity contribution in [3.63, 3.8) is 0 Å². The van der Waals surface area contributed by atoms with Crippen molar-refractivity contribution < 1.29 is 9.53 Å². The van der Waals surface area contributed by atoms with Crippen LogP contribution in [0.25, 0.3) is 6.08 Å². The van der Waals surface area contributed by atoms with E-state index in [1.165, 1.54) is 7.11 Å². The molecule has 0 radical (unpaired) electrons. The summed E-state index contributed by atoms with van der Waals surface area (Å²) in [4.78, 5) is 17.0. The van der Waals surface area contributed by atoms with Crippen LogP contribution in [0.4, 0.5) is 0 Å². The highest BCUT2D eigenvalue weighted by Gasteiger charge is 2.13. The third kappa shape index (κ3) is 4.33. The molecule has 0 saturated carbocycles. The van der Waals surface area contributed by atoms with Crippen molar-refractivity contribution in [2.45, 2.75) is 0 Å². The minimum absolute atomic E-state index is 0.251. The van der Waals surface area contributed by atoms with Crippen LogP contribution in [0.15, 0.2) is 102 Å². The Kier molecular flexibility index (Phi) is 5.73. The van der Waals surface area contributed by atoms with Crippen LogP contribution in [0.2, 0.25) is 0 Å². The Morgan fingerprint density at radius 3 is 1.69 bits per heavy atom. The molecule has 3 heteroatoms. The van der Waals surface area contributed by atoms with Crippen LogP contribution < -0.4 is 0 Å². The van der Waals surface area contributed by atoms with Gasteiger partial charge in [0.05, 0.1) is 12.8 Å². The number of ether oxygens (including phenoxy) is 1. The first-order valence-corrected chi connectivity index (χ1v) is 8.32. The highest BCUT2D eigenvalue weighted by Crippen LogP contribution is 2.16. The van der Waals surface area contributed by atoms with Crippen LogP contribution in [0, 0.1) is 0 Å². The van der Waals surface area contributed by atoms with Crippen molar-refractivity contribution in [1.29, 1.82) is 0 Å². The average Bonchev–Trinajstić information content (AvgIpc) is 2.72. The summed E-state index contributed by atoms with van der Waals surface area (Å²) in [6, 6.07) is 29.2. The molecule has 0 heterocycles. The van der Waals surface area contributed by atoms with Gasteiger partial charge in [-0.15, -0.1) is 0 Å². The number of methoxy groups -OCH3 is 1. The zero-order valence-electron chi connectivity index (χ0n) is 14.5. The fraction of sp³-hybridized carbons (Fsp3) is 0.0435. The number of benzene rings is 3. The number of hydrogen-bond donors (Lipinski definition) is 0. The second kappa shape index (κ2) is 8.58. The number of rotatable bonds is 5. The molecule has 0 aliphatic carbocycles. The predicted molar refractivity (Wildman–Crippen MR) is 105 cm³/mol. The number of aliphatic imine (C=N–C) groups is 1. The van der Waals surface area contributed by atoms with Gasteiger partial charge >= 0.3 is 5.97 Å². The van der Waals surface area contributed by atoms with Crippen molar-refractivity contribution >= 4 is 17.8 Å². The molecule has 0 amide bonds. The van der Waals surface area contributed by atoms with Crippen molar-refractivity contribution in [2.24, 2.45) is 4.99 Å². The third-order valence-corrected chi connectivity index (χ3v) is 3.82. The molecule has 3 aromatic rings. The maximum Gasteiger partial charge on any atom is 0.356 e. The summed E-state index contributed by atoms with van der Waals surface area (Å²) in [6.45, 7) is 0. The lowest BCUT2D eigenvalue weighted by atomic mass is 10.0. The molecule has 3 rings (SSSR count). The van der Waals surface area contributed by atoms with E-state index in [4.69, 9.17) is 4.74 Å². The fourth-order valence-corrected chi connectivity index (χ4v) is 2.56. The quantitative estimate of drug-likeness (QED) is 0.382. The molecule has 0 aliphatic heterocycles. The van der Waals surface area contributed by atoms with Gasteiger partial charge in [-0.3, -0.25) is 0 Å². The minimum Gasteiger partial charge on any atom is -0.464 e. The van der Waals surface area contributed by atoms with E-state index >= 15 is 0 Å². The molecule has 0 bridgehead atoms. The number of carbonyl (C=O) groups excluding carboxylic acids is 1. The molecular weight excluding hydrogens is 322 g/mol. The first kappa shape index (κ1) is 17.4. The van der Waals surface area contributed by atoms with Crippen LogP contribution in [0.5, 0.6) is 0 Å². The summed E-state index contributed by atoms with van der Waals surface area (Å²) < 4.78 is 4.94. The van der Waals surface area contributed by atoms with E-state index in [0.717, 1.165) is 22.4 Å². The van der Waals surface area contributed by atoms with E-state index in [0.29, 0.717) is 0 Å². The molecule has 3 nitrogen and oxygen atoms in total. The Hall–Kier alpha value is -3.46. The van der Waals surface area contributed by atoms with Gasteiger partial charge < -0.3 is 4.74 Å². The minimum atomic E-state index is -0.474. The lowest BCUT2D eigenvalue weighted by Gasteiger charge is -2.09. The monoisotopic (exact) mass is 341 g/mol. The molecular formula is C23H19NO2. The highest BCUT2D eigenvalue weighted by molar-refractivity contribution is 6.15. The van der Waals surface area contributed by atoms with Crippen LogP contribution in [0.3, 0.4) is 0 Å². The number of hydrogen-bond acceptors (Lipinski definition) is 3. The molecule has 3 aromatic carbocycles. The van der Waals surface area contributed by atoms with E-state index in [9.17, 15) is 4.79 Å². The van der Waals surface area contributed by atoms with E-state index in [1.807, 2.05) is 91.0 Å². The van der Waals surface area contributed by atoms with Gasteiger partial charge in [0.15, 0.2) is 0 Å². The Bertz CT molecular complexity index is 873. The maximum absolute atomic E-state index is 12.3. The van der Waals surface area contributed by atoms with E-state index in [2.05, 4.69) is 4.99 Å². The standard InChI is InChI=1S/C23H19NO2/c1-26-23(25)21(17-18-11-5-2-6-12-18)24-22(19-13-7-3-8-14-19)20-15-9-4-10-16-20/h2-17H,1H3/b21-17-. The molecule has 0 spiro atoms. The molecule has 0 aliphatic rings. The molecule has 128 valence electrons. The Labute approximate surface area is 153 Å². The molecule has 26 heavy (non-hydrogen) atoms.